The van der Waals surface area contributed by atoms with Crippen LogP contribution >= 0.6 is 12.4 Å². The number of nitrogens with zero attached hydrogens (tertiary/aromatic N) is 2. The number of benzene rings is 1. The minimum Gasteiger partial charge on any atom is -0.351 e. The summed E-state index contributed by atoms with van der Waals surface area (Å²) in [6.45, 7) is 0. The van der Waals surface area contributed by atoms with Crippen molar-refractivity contribution < 1.29 is 18.0 Å². The molecule has 1 aromatic heterocycles. The average molecular weight is 389 g/mol. The van der Waals surface area contributed by atoms with Gasteiger partial charge in [-0.1, -0.05) is 18.2 Å². The van der Waals surface area contributed by atoms with Crippen molar-refractivity contribution in [2.24, 2.45) is 7.05 Å². The molecular formula is C17H20ClF3N4O. The average Bonchev–Trinajstić information content (AvgIpc) is 3.18. The fraction of sp³-hybridized carbons (Fsp3) is 0.412. The van der Waals surface area contributed by atoms with E-state index < -0.39 is 17.8 Å². The SMILES string of the molecule is CNC(C(=O)NC1CC1c1ccccc1C(F)(F)F)c1cnn(C)c1.Cl. The van der Waals surface area contributed by atoms with Gasteiger partial charge in [0.05, 0.1) is 11.8 Å². The summed E-state index contributed by atoms with van der Waals surface area (Å²) in [6.07, 6.45) is -0.576. The standard InChI is InChI=1S/C17H19F3N4O.ClH/c1-21-15(10-8-22-24(2)9-10)16(25)23-14-7-12(14)11-5-3-4-6-13(11)17(18,19)20;/h3-6,8-9,12,14-15,21H,7H2,1-2H3,(H,23,25);1H. The Kier molecular flexibility index (Phi) is 5.98. The second kappa shape index (κ2) is 7.67. The summed E-state index contributed by atoms with van der Waals surface area (Å²) in [5.74, 6) is -0.583. The second-order valence-electron chi connectivity index (χ2n) is 6.21. The molecule has 142 valence electrons. The molecule has 0 spiro atoms. The molecule has 0 saturated heterocycles. The summed E-state index contributed by atoms with van der Waals surface area (Å²) < 4.78 is 41.0. The molecule has 5 nitrogen and oxygen atoms in total. The van der Waals surface area contributed by atoms with Crippen molar-refractivity contribution >= 4 is 18.3 Å². The topological polar surface area (TPSA) is 59.0 Å². The third-order valence-corrected chi connectivity index (χ3v) is 4.39. The van der Waals surface area contributed by atoms with E-state index in [9.17, 15) is 18.0 Å². The Hall–Kier alpha value is -2.06. The molecule has 1 amide bonds. The van der Waals surface area contributed by atoms with Crippen LogP contribution in [0.2, 0.25) is 0 Å². The Bertz CT molecular complexity index is 777. The molecule has 1 heterocycles. The number of alkyl halides is 3. The van der Waals surface area contributed by atoms with Crippen LogP contribution < -0.4 is 10.6 Å². The van der Waals surface area contributed by atoms with Gasteiger partial charge in [-0.2, -0.15) is 18.3 Å². The van der Waals surface area contributed by atoms with Crippen molar-refractivity contribution in [3.63, 3.8) is 0 Å². The molecule has 1 aliphatic rings. The summed E-state index contributed by atoms with van der Waals surface area (Å²) in [5.41, 5.74) is 0.312. The first kappa shape index (κ1) is 20.3. The van der Waals surface area contributed by atoms with Crippen molar-refractivity contribution in [2.45, 2.75) is 30.6 Å². The van der Waals surface area contributed by atoms with E-state index in [1.807, 2.05) is 0 Å². The number of carbonyl (C=O) groups is 1. The predicted molar refractivity (Wildman–Crippen MR) is 93.0 cm³/mol. The van der Waals surface area contributed by atoms with Crippen molar-refractivity contribution in [2.75, 3.05) is 7.05 Å². The highest BCUT2D eigenvalue weighted by atomic mass is 35.5. The number of aryl methyl sites for hydroxylation is 1. The number of rotatable bonds is 5. The number of aromatic nitrogens is 2. The Morgan fingerprint density at radius 2 is 2.04 bits per heavy atom. The summed E-state index contributed by atoms with van der Waals surface area (Å²) >= 11 is 0. The largest absolute Gasteiger partial charge is 0.416 e. The number of carbonyl (C=O) groups excluding carboxylic acids is 1. The van der Waals surface area contributed by atoms with E-state index in [4.69, 9.17) is 0 Å². The van der Waals surface area contributed by atoms with Crippen LogP contribution in [0.4, 0.5) is 13.2 Å². The molecule has 26 heavy (non-hydrogen) atoms. The van der Waals surface area contributed by atoms with Gasteiger partial charge >= 0.3 is 6.18 Å². The number of amides is 1. The molecular weight excluding hydrogens is 369 g/mol. The van der Waals surface area contributed by atoms with Gasteiger partial charge in [-0.15, -0.1) is 12.4 Å². The van der Waals surface area contributed by atoms with Gasteiger partial charge in [-0.05, 0) is 25.1 Å². The van der Waals surface area contributed by atoms with E-state index in [2.05, 4.69) is 15.7 Å². The maximum absolute atomic E-state index is 13.1. The molecule has 2 N–H and O–H groups in total. The van der Waals surface area contributed by atoms with E-state index in [1.54, 1.807) is 37.2 Å². The number of hydrogen-bond donors (Lipinski definition) is 2. The zero-order valence-corrected chi connectivity index (χ0v) is 15.1. The van der Waals surface area contributed by atoms with Crippen molar-refractivity contribution in [3.05, 3.63) is 53.3 Å². The molecule has 0 aliphatic heterocycles. The lowest BCUT2D eigenvalue weighted by atomic mass is 10.0. The van der Waals surface area contributed by atoms with Crippen LogP contribution in [0.25, 0.3) is 0 Å². The highest BCUT2D eigenvalue weighted by Crippen LogP contribution is 2.46. The molecule has 0 bridgehead atoms. The van der Waals surface area contributed by atoms with Crippen LogP contribution in [0, 0.1) is 0 Å². The lowest BCUT2D eigenvalue weighted by molar-refractivity contribution is -0.138. The number of hydrogen-bond acceptors (Lipinski definition) is 3. The van der Waals surface area contributed by atoms with Crippen LogP contribution in [0.15, 0.2) is 36.7 Å². The maximum Gasteiger partial charge on any atom is 0.416 e. The van der Waals surface area contributed by atoms with Crippen LogP contribution in [0.1, 0.15) is 35.1 Å². The van der Waals surface area contributed by atoms with Crippen molar-refractivity contribution in [3.8, 4) is 0 Å². The number of likely N-dealkylation sites (N-methyl/N-ethyl adjacent to an activating group) is 1. The first-order valence-electron chi connectivity index (χ1n) is 7.93. The highest BCUT2D eigenvalue weighted by Gasteiger charge is 2.45. The van der Waals surface area contributed by atoms with Crippen LogP contribution in [-0.4, -0.2) is 28.8 Å². The fourth-order valence-electron chi connectivity index (χ4n) is 3.08. The van der Waals surface area contributed by atoms with E-state index in [0.717, 1.165) is 6.07 Å². The first-order valence-corrected chi connectivity index (χ1v) is 7.93. The van der Waals surface area contributed by atoms with Gasteiger partial charge in [0.25, 0.3) is 0 Å². The van der Waals surface area contributed by atoms with Crippen molar-refractivity contribution in [1.29, 1.82) is 0 Å². The normalized spacial score (nSPS) is 20.2. The van der Waals surface area contributed by atoms with Gasteiger partial charge < -0.3 is 10.6 Å². The predicted octanol–water partition coefficient (Wildman–Crippen LogP) is 2.79. The third-order valence-electron chi connectivity index (χ3n) is 4.39. The van der Waals surface area contributed by atoms with Gasteiger partial charge in [-0.25, -0.2) is 0 Å². The lowest BCUT2D eigenvalue weighted by Crippen LogP contribution is -2.37. The molecule has 9 heteroatoms. The summed E-state index contributed by atoms with van der Waals surface area (Å²) in [7, 11) is 3.40. The summed E-state index contributed by atoms with van der Waals surface area (Å²) in [5, 5.41) is 9.78. The molecule has 1 aromatic carbocycles. The van der Waals surface area contributed by atoms with E-state index in [1.165, 1.54) is 12.1 Å². The molecule has 1 fully saturated rings. The van der Waals surface area contributed by atoms with E-state index >= 15 is 0 Å². The highest BCUT2D eigenvalue weighted by molar-refractivity contribution is 5.85. The monoisotopic (exact) mass is 388 g/mol. The van der Waals surface area contributed by atoms with E-state index in [0.29, 0.717) is 12.0 Å². The smallest absolute Gasteiger partial charge is 0.351 e. The first-order chi connectivity index (χ1) is 11.8. The van der Waals surface area contributed by atoms with Gasteiger partial charge in [-0.3, -0.25) is 9.48 Å². The second-order valence-corrected chi connectivity index (χ2v) is 6.21. The van der Waals surface area contributed by atoms with Gasteiger partial charge in [0.1, 0.15) is 6.04 Å². The Balaban J connectivity index is 0.00000243. The van der Waals surface area contributed by atoms with Crippen LogP contribution in [-0.2, 0) is 18.0 Å². The lowest BCUT2D eigenvalue weighted by Gasteiger charge is -2.16. The molecule has 2 aromatic rings. The van der Waals surface area contributed by atoms with E-state index in [-0.39, 0.29) is 35.8 Å². The Morgan fingerprint density at radius 1 is 1.35 bits per heavy atom. The third kappa shape index (κ3) is 4.19. The fourth-order valence-corrected chi connectivity index (χ4v) is 3.08. The zero-order valence-electron chi connectivity index (χ0n) is 14.2. The molecule has 3 rings (SSSR count). The summed E-state index contributed by atoms with van der Waals surface area (Å²) in [4.78, 5) is 12.5. The van der Waals surface area contributed by atoms with Gasteiger partial charge in [0.2, 0.25) is 5.91 Å². The Morgan fingerprint density at radius 3 is 2.62 bits per heavy atom. The van der Waals surface area contributed by atoms with Crippen molar-refractivity contribution in [1.82, 2.24) is 20.4 Å². The molecule has 1 aliphatic carbocycles. The molecule has 0 radical (unpaired) electrons. The zero-order chi connectivity index (χ0) is 18.2. The number of halogens is 4. The molecule has 3 unspecified atom stereocenters. The minimum absolute atomic E-state index is 0. The molecule has 1 saturated carbocycles. The quantitative estimate of drug-likeness (QED) is 0.828. The van der Waals surface area contributed by atoms with Crippen LogP contribution in [0.5, 0.6) is 0 Å². The number of nitrogens with one attached hydrogen (secondary N) is 2. The van der Waals surface area contributed by atoms with Crippen LogP contribution in [0.3, 0.4) is 0 Å². The molecule has 3 atom stereocenters. The Labute approximate surface area is 155 Å². The van der Waals surface area contributed by atoms with Gasteiger partial charge in [0, 0.05) is 30.8 Å². The van der Waals surface area contributed by atoms with Gasteiger partial charge in [0.15, 0.2) is 0 Å². The minimum atomic E-state index is -4.39. The summed E-state index contributed by atoms with van der Waals surface area (Å²) in [6, 6.07) is 4.65. The maximum atomic E-state index is 13.1.